The van der Waals surface area contributed by atoms with Crippen LogP contribution in [-0.4, -0.2) is 5.54 Å². The molecule has 1 fully saturated rings. The maximum Gasteiger partial charge on any atom is 0.104 e. The zero-order valence-corrected chi connectivity index (χ0v) is 6.27. The minimum absolute atomic E-state index is 0.490. The van der Waals surface area contributed by atoms with Crippen LogP contribution in [0.3, 0.4) is 0 Å². The molecule has 0 aromatic heterocycles. The zero-order chi connectivity index (χ0) is 7.45. The molecule has 10 heavy (non-hydrogen) atoms. The van der Waals surface area contributed by atoms with E-state index < -0.39 is 5.54 Å². The molecule has 56 valence electrons. The number of rotatable bonds is 0. The van der Waals surface area contributed by atoms with Crippen LogP contribution < -0.4 is 5.73 Å². The highest BCUT2D eigenvalue weighted by molar-refractivity contribution is 5.04. The standard InChI is InChI=1S/C8H14N2/c9-7-8(10)5-3-1-2-4-6-8/h1-6,10H2. The molecule has 1 rings (SSSR count). The number of nitriles is 1. The van der Waals surface area contributed by atoms with Gasteiger partial charge in [0.25, 0.3) is 0 Å². The molecule has 0 bridgehead atoms. The summed E-state index contributed by atoms with van der Waals surface area (Å²) in [6.45, 7) is 0. The monoisotopic (exact) mass is 138 g/mol. The predicted octanol–water partition coefficient (Wildman–Crippen LogP) is 1.56. The molecular formula is C8H14N2. The Balaban J connectivity index is 2.51. The van der Waals surface area contributed by atoms with Crippen LogP contribution in [0.15, 0.2) is 0 Å². The Morgan fingerprint density at radius 3 is 2.00 bits per heavy atom. The molecule has 0 heterocycles. The van der Waals surface area contributed by atoms with Crippen molar-refractivity contribution in [2.24, 2.45) is 5.73 Å². The summed E-state index contributed by atoms with van der Waals surface area (Å²) in [7, 11) is 0. The van der Waals surface area contributed by atoms with E-state index in [4.69, 9.17) is 11.0 Å². The minimum atomic E-state index is -0.490. The first-order chi connectivity index (χ1) is 4.77. The van der Waals surface area contributed by atoms with Crippen molar-refractivity contribution in [3.63, 3.8) is 0 Å². The third kappa shape index (κ3) is 1.71. The van der Waals surface area contributed by atoms with Crippen molar-refractivity contribution in [3.8, 4) is 6.07 Å². The van der Waals surface area contributed by atoms with Gasteiger partial charge in [-0.05, 0) is 12.8 Å². The predicted molar refractivity (Wildman–Crippen MR) is 40.2 cm³/mol. The molecule has 2 N–H and O–H groups in total. The summed E-state index contributed by atoms with van der Waals surface area (Å²) in [5.41, 5.74) is 5.31. The Kier molecular flexibility index (Phi) is 2.29. The molecule has 0 spiro atoms. The maximum atomic E-state index is 8.70. The fourth-order valence-electron chi connectivity index (χ4n) is 1.47. The van der Waals surface area contributed by atoms with Gasteiger partial charge in [0.05, 0.1) is 6.07 Å². The van der Waals surface area contributed by atoms with Gasteiger partial charge in [-0.25, -0.2) is 0 Å². The molecule has 0 aromatic rings. The highest BCUT2D eigenvalue weighted by atomic mass is 14.7. The van der Waals surface area contributed by atoms with Crippen LogP contribution in [0.5, 0.6) is 0 Å². The minimum Gasteiger partial charge on any atom is -0.313 e. The van der Waals surface area contributed by atoms with Crippen LogP contribution in [-0.2, 0) is 0 Å². The van der Waals surface area contributed by atoms with E-state index in [1.807, 2.05) is 0 Å². The maximum absolute atomic E-state index is 8.70. The van der Waals surface area contributed by atoms with Crippen LogP contribution in [0, 0.1) is 11.3 Å². The van der Waals surface area contributed by atoms with E-state index in [0.717, 1.165) is 25.7 Å². The van der Waals surface area contributed by atoms with E-state index in [-0.39, 0.29) is 0 Å². The first-order valence-electron chi connectivity index (χ1n) is 3.97. The summed E-state index contributed by atoms with van der Waals surface area (Å²) >= 11 is 0. The van der Waals surface area contributed by atoms with Gasteiger partial charge in [-0.1, -0.05) is 25.7 Å². The molecular weight excluding hydrogens is 124 g/mol. The van der Waals surface area contributed by atoms with E-state index >= 15 is 0 Å². The number of hydrogen-bond donors (Lipinski definition) is 1. The molecule has 1 aliphatic rings. The third-order valence-corrected chi connectivity index (χ3v) is 2.22. The van der Waals surface area contributed by atoms with Crippen molar-refractivity contribution in [2.75, 3.05) is 0 Å². The summed E-state index contributed by atoms with van der Waals surface area (Å²) in [5.74, 6) is 0. The molecule has 1 aliphatic carbocycles. The molecule has 0 unspecified atom stereocenters. The second-order valence-electron chi connectivity index (χ2n) is 3.18. The van der Waals surface area contributed by atoms with Crippen LogP contribution in [0.1, 0.15) is 38.5 Å². The highest BCUT2D eigenvalue weighted by Crippen LogP contribution is 2.23. The van der Waals surface area contributed by atoms with Crippen molar-refractivity contribution < 1.29 is 0 Å². The van der Waals surface area contributed by atoms with E-state index in [1.54, 1.807) is 0 Å². The lowest BCUT2D eigenvalue weighted by Gasteiger charge is -2.17. The van der Waals surface area contributed by atoms with Crippen molar-refractivity contribution in [1.29, 1.82) is 5.26 Å². The molecule has 2 nitrogen and oxygen atoms in total. The average Bonchev–Trinajstić information content (AvgIpc) is 2.15. The van der Waals surface area contributed by atoms with Gasteiger partial charge in [-0.15, -0.1) is 0 Å². The lowest BCUT2D eigenvalue weighted by atomic mass is 9.94. The quantitative estimate of drug-likeness (QED) is 0.516. The fraction of sp³-hybridized carbons (Fsp3) is 0.875. The molecule has 0 aromatic carbocycles. The summed E-state index contributed by atoms with van der Waals surface area (Å²) in [5, 5.41) is 8.70. The first kappa shape index (κ1) is 7.56. The number of nitrogens with zero attached hydrogens (tertiary/aromatic N) is 1. The van der Waals surface area contributed by atoms with Crippen LogP contribution in [0.4, 0.5) is 0 Å². The van der Waals surface area contributed by atoms with Crippen LogP contribution >= 0.6 is 0 Å². The molecule has 0 aliphatic heterocycles. The van der Waals surface area contributed by atoms with Gasteiger partial charge in [-0.3, -0.25) is 0 Å². The van der Waals surface area contributed by atoms with E-state index in [9.17, 15) is 0 Å². The van der Waals surface area contributed by atoms with Gasteiger partial charge in [0.15, 0.2) is 0 Å². The fourth-order valence-corrected chi connectivity index (χ4v) is 1.47. The SMILES string of the molecule is N#CC1(N)CCCCCC1. The van der Waals surface area contributed by atoms with Crippen molar-refractivity contribution in [2.45, 2.75) is 44.1 Å². The molecule has 0 saturated heterocycles. The third-order valence-electron chi connectivity index (χ3n) is 2.22. The smallest absolute Gasteiger partial charge is 0.104 e. The van der Waals surface area contributed by atoms with Gasteiger partial charge in [0, 0.05) is 0 Å². The van der Waals surface area contributed by atoms with Crippen molar-refractivity contribution in [3.05, 3.63) is 0 Å². The van der Waals surface area contributed by atoms with E-state index in [1.165, 1.54) is 12.8 Å². The largest absolute Gasteiger partial charge is 0.313 e. The zero-order valence-electron chi connectivity index (χ0n) is 6.27. The Hall–Kier alpha value is -0.550. The van der Waals surface area contributed by atoms with Gasteiger partial charge < -0.3 is 5.73 Å². The molecule has 0 amide bonds. The molecule has 0 atom stereocenters. The molecule has 0 radical (unpaired) electrons. The molecule has 1 saturated carbocycles. The van der Waals surface area contributed by atoms with Crippen LogP contribution in [0.25, 0.3) is 0 Å². The average molecular weight is 138 g/mol. The van der Waals surface area contributed by atoms with Gasteiger partial charge in [0.1, 0.15) is 5.54 Å². The lowest BCUT2D eigenvalue weighted by Crippen LogP contribution is -2.37. The lowest BCUT2D eigenvalue weighted by molar-refractivity contribution is 0.472. The normalized spacial score (nSPS) is 24.8. The second-order valence-corrected chi connectivity index (χ2v) is 3.18. The van der Waals surface area contributed by atoms with E-state index in [2.05, 4.69) is 6.07 Å². The summed E-state index contributed by atoms with van der Waals surface area (Å²) in [4.78, 5) is 0. The number of nitrogens with two attached hydrogens (primary N) is 1. The highest BCUT2D eigenvalue weighted by Gasteiger charge is 2.24. The molecule has 2 heteroatoms. The topological polar surface area (TPSA) is 49.8 Å². The van der Waals surface area contributed by atoms with Gasteiger partial charge in [0.2, 0.25) is 0 Å². The summed E-state index contributed by atoms with van der Waals surface area (Å²) in [6.07, 6.45) is 6.54. The Morgan fingerprint density at radius 2 is 1.60 bits per heavy atom. The van der Waals surface area contributed by atoms with Crippen molar-refractivity contribution >= 4 is 0 Å². The first-order valence-corrected chi connectivity index (χ1v) is 3.97. The van der Waals surface area contributed by atoms with Crippen LogP contribution in [0.2, 0.25) is 0 Å². The number of hydrogen-bond acceptors (Lipinski definition) is 2. The summed E-state index contributed by atoms with van der Waals surface area (Å²) in [6, 6.07) is 2.20. The van der Waals surface area contributed by atoms with Gasteiger partial charge >= 0.3 is 0 Å². The Morgan fingerprint density at radius 1 is 1.10 bits per heavy atom. The van der Waals surface area contributed by atoms with Crippen molar-refractivity contribution in [1.82, 2.24) is 0 Å². The summed E-state index contributed by atoms with van der Waals surface area (Å²) < 4.78 is 0. The Bertz CT molecular complexity index is 138. The second kappa shape index (κ2) is 3.03. The van der Waals surface area contributed by atoms with E-state index in [0.29, 0.717) is 0 Å². The van der Waals surface area contributed by atoms with Gasteiger partial charge in [-0.2, -0.15) is 5.26 Å². The Labute approximate surface area is 62.0 Å².